The summed E-state index contributed by atoms with van der Waals surface area (Å²) in [5.74, 6) is 0. The van der Waals surface area contributed by atoms with Gasteiger partial charge in [-0.2, -0.15) is 0 Å². The van der Waals surface area contributed by atoms with Gasteiger partial charge in [-0.05, 0) is 18.9 Å². The Bertz CT molecular complexity index is 372. The number of ether oxygens (including phenoxy) is 1. The van der Waals surface area contributed by atoms with Crippen molar-refractivity contribution < 1.29 is 9.84 Å². The SMILES string of the molecule is CCC(C)N(CCOC)CC(O)(CN)c1ccccc1. The summed E-state index contributed by atoms with van der Waals surface area (Å²) in [6.45, 7) is 6.48. The van der Waals surface area contributed by atoms with Crippen molar-refractivity contribution in [2.45, 2.75) is 31.9 Å². The number of nitrogens with two attached hydrogens (primary N) is 1. The molecule has 0 aliphatic carbocycles. The molecule has 0 bridgehead atoms. The minimum atomic E-state index is -1.02. The number of nitrogens with zero attached hydrogens (tertiary/aromatic N) is 1. The third-order valence-corrected chi connectivity index (χ3v) is 3.91. The predicted molar refractivity (Wildman–Crippen MR) is 82.6 cm³/mol. The molecule has 0 spiro atoms. The first-order valence-corrected chi connectivity index (χ1v) is 7.28. The van der Waals surface area contributed by atoms with Crippen molar-refractivity contribution in [2.24, 2.45) is 5.73 Å². The molecule has 4 heteroatoms. The molecule has 1 aromatic rings. The van der Waals surface area contributed by atoms with Gasteiger partial charge in [-0.25, -0.2) is 0 Å². The van der Waals surface area contributed by atoms with Gasteiger partial charge in [-0.1, -0.05) is 37.3 Å². The molecular formula is C16H28N2O2. The quantitative estimate of drug-likeness (QED) is 0.721. The van der Waals surface area contributed by atoms with Gasteiger partial charge in [0.25, 0.3) is 0 Å². The lowest BCUT2D eigenvalue weighted by Gasteiger charge is -2.37. The maximum absolute atomic E-state index is 10.9. The Balaban J connectivity index is 2.87. The molecule has 0 saturated heterocycles. The molecule has 2 unspecified atom stereocenters. The second kappa shape index (κ2) is 8.37. The molecule has 0 aliphatic heterocycles. The van der Waals surface area contributed by atoms with E-state index in [9.17, 15) is 5.11 Å². The molecule has 0 amide bonds. The molecule has 20 heavy (non-hydrogen) atoms. The standard InChI is InChI=1S/C16H28N2O2/c1-4-14(2)18(10-11-20-3)13-16(19,12-17)15-8-6-5-7-9-15/h5-9,14,19H,4,10-13,17H2,1-3H3. The molecule has 0 heterocycles. The fourth-order valence-corrected chi connectivity index (χ4v) is 2.28. The van der Waals surface area contributed by atoms with E-state index in [0.29, 0.717) is 19.2 Å². The normalized spacial score (nSPS) is 16.1. The zero-order valence-electron chi connectivity index (χ0n) is 12.9. The first-order chi connectivity index (χ1) is 9.57. The monoisotopic (exact) mass is 280 g/mol. The van der Waals surface area contributed by atoms with Crippen molar-refractivity contribution in [1.82, 2.24) is 4.90 Å². The van der Waals surface area contributed by atoms with Gasteiger partial charge in [0, 0.05) is 32.8 Å². The van der Waals surface area contributed by atoms with Crippen molar-refractivity contribution in [3.8, 4) is 0 Å². The number of aliphatic hydroxyl groups is 1. The van der Waals surface area contributed by atoms with Crippen LogP contribution in [-0.4, -0.2) is 49.4 Å². The van der Waals surface area contributed by atoms with Crippen LogP contribution < -0.4 is 5.73 Å². The number of hydrogen-bond acceptors (Lipinski definition) is 4. The number of methoxy groups -OCH3 is 1. The number of rotatable bonds is 9. The molecule has 0 aromatic heterocycles. The Labute approximate surface area is 122 Å². The maximum atomic E-state index is 10.9. The maximum Gasteiger partial charge on any atom is 0.114 e. The molecular weight excluding hydrogens is 252 g/mol. The van der Waals surface area contributed by atoms with Gasteiger partial charge in [-0.3, -0.25) is 4.90 Å². The summed E-state index contributed by atoms with van der Waals surface area (Å²) in [5, 5.41) is 10.9. The Morgan fingerprint density at radius 2 is 2.00 bits per heavy atom. The first-order valence-electron chi connectivity index (χ1n) is 7.28. The molecule has 1 aromatic carbocycles. The summed E-state index contributed by atoms with van der Waals surface area (Å²) in [7, 11) is 1.70. The van der Waals surface area contributed by atoms with Gasteiger partial charge in [0.05, 0.1) is 6.61 Å². The zero-order chi connectivity index (χ0) is 15.0. The van der Waals surface area contributed by atoms with Gasteiger partial charge in [0.2, 0.25) is 0 Å². The van der Waals surface area contributed by atoms with E-state index >= 15 is 0 Å². The highest BCUT2D eigenvalue weighted by molar-refractivity contribution is 5.23. The van der Waals surface area contributed by atoms with Gasteiger partial charge in [0.1, 0.15) is 5.60 Å². The summed E-state index contributed by atoms with van der Waals surface area (Å²) in [6, 6.07) is 10.0. The van der Waals surface area contributed by atoms with Crippen LogP contribution in [0.1, 0.15) is 25.8 Å². The smallest absolute Gasteiger partial charge is 0.114 e. The van der Waals surface area contributed by atoms with E-state index in [2.05, 4.69) is 18.7 Å². The third-order valence-electron chi connectivity index (χ3n) is 3.91. The fraction of sp³-hybridized carbons (Fsp3) is 0.625. The topological polar surface area (TPSA) is 58.7 Å². The second-order valence-electron chi connectivity index (χ2n) is 5.32. The van der Waals surface area contributed by atoms with E-state index in [-0.39, 0.29) is 6.54 Å². The summed E-state index contributed by atoms with van der Waals surface area (Å²) in [5.41, 5.74) is 5.70. The average Bonchev–Trinajstić information content (AvgIpc) is 2.51. The molecule has 0 radical (unpaired) electrons. The van der Waals surface area contributed by atoms with Crippen LogP contribution in [0.3, 0.4) is 0 Å². The van der Waals surface area contributed by atoms with E-state index in [1.807, 2.05) is 30.3 Å². The lowest BCUT2D eigenvalue weighted by atomic mass is 9.92. The summed E-state index contributed by atoms with van der Waals surface area (Å²) in [6.07, 6.45) is 1.03. The Morgan fingerprint density at radius 1 is 1.35 bits per heavy atom. The van der Waals surface area contributed by atoms with Crippen molar-refractivity contribution in [3.05, 3.63) is 35.9 Å². The number of benzene rings is 1. The molecule has 114 valence electrons. The third kappa shape index (κ3) is 4.56. The minimum Gasteiger partial charge on any atom is -0.383 e. The molecule has 1 rings (SSSR count). The number of hydrogen-bond donors (Lipinski definition) is 2. The Morgan fingerprint density at radius 3 is 2.50 bits per heavy atom. The van der Waals surface area contributed by atoms with Crippen LogP contribution in [0.15, 0.2) is 30.3 Å². The summed E-state index contributed by atoms with van der Waals surface area (Å²) < 4.78 is 5.17. The lowest BCUT2D eigenvalue weighted by Crippen LogP contribution is -2.49. The van der Waals surface area contributed by atoms with Gasteiger partial charge in [-0.15, -0.1) is 0 Å². The lowest BCUT2D eigenvalue weighted by molar-refractivity contribution is -0.0114. The van der Waals surface area contributed by atoms with Crippen molar-refractivity contribution in [3.63, 3.8) is 0 Å². The molecule has 0 saturated carbocycles. The van der Waals surface area contributed by atoms with Crippen LogP contribution in [0.25, 0.3) is 0 Å². The van der Waals surface area contributed by atoms with Gasteiger partial charge < -0.3 is 15.6 Å². The van der Waals surface area contributed by atoms with E-state index in [1.165, 1.54) is 0 Å². The zero-order valence-corrected chi connectivity index (χ0v) is 12.9. The first kappa shape index (κ1) is 17.1. The highest BCUT2D eigenvalue weighted by atomic mass is 16.5. The summed E-state index contributed by atoms with van der Waals surface area (Å²) in [4.78, 5) is 2.24. The Hall–Kier alpha value is -0.940. The summed E-state index contributed by atoms with van der Waals surface area (Å²) >= 11 is 0. The fourth-order valence-electron chi connectivity index (χ4n) is 2.28. The van der Waals surface area contributed by atoms with E-state index < -0.39 is 5.60 Å². The largest absolute Gasteiger partial charge is 0.383 e. The molecule has 2 atom stereocenters. The highest BCUT2D eigenvalue weighted by Crippen LogP contribution is 2.22. The predicted octanol–water partition coefficient (Wildman–Crippen LogP) is 1.58. The molecule has 0 aliphatic rings. The van der Waals surface area contributed by atoms with E-state index in [0.717, 1.165) is 18.5 Å². The second-order valence-corrected chi connectivity index (χ2v) is 5.32. The van der Waals surface area contributed by atoms with Crippen LogP contribution in [0.4, 0.5) is 0 Å². The highest BCUT2D eigenvalue weighted by Gasteiger charge is 2.31. The van der Waals surface area contributed by atoms with Crippen LogP contribution in [0.2, 0.25) is 0 Å². The average molecular weight is 280 g/mol. The van der Waals surface area contributed by atoms with E-state index in [4.69, 9.17) is 10.5 Å². The van der Waals surface area contributed by atoms with Crippen molar-refractivity contribution >= 4 is 0 Å². The molecule has 4 nitrogen and oxygen atoms in total. The van der Waals surface area contributed by atoms with Gasteiger partial charge in [0.15, 0.2) is 0 Å². The van der Waals surface area contributed by atoms with Gasteiger partial charge >= 0.3 is 0 Å². The van der Waals surface area contributed by atoms with E-state index in [1.54, 1.807) is 7.11 Å². The van der Waals surface area contributed by atoms with Crippen molar-refractivity contribution in [1.29, 1.82) is 0 Å². The molecule has 3 N–H and O–H groups in total. The van der Waals surface area contributed by atoms with Crippen LogP contribution in [0.5, 0.6) is 0 Å². The molecule has 0 fully saturated rings. The van der Waals surface area contributed by atoms with Crippen molar-refractivity contribution in [2.75, 3.05) is 33.4 Å². The Kier molecular flexibility index (Phi) is 7.16. The minimum absolute atomic E-state index is 0.205. The van der Waals surface area contributed by atoms with Crippen LogP contribution in [-0.2, 0) is 10.3 Å². The van der Waals surface area contributed by atoms with Crippen LogP contribution in [0, 0.1) is 0 Å². The van der Waals surface area contributed by atoms with Crippen LogP contribution >= 0.6 is 0 Å².